The second-order valence-corrected chi connectivity index (χ2v) is 9.14. The van der Waals surface area contributed by atoms with Crippen LogP contribution >= 0.6 is 0 Å². The average molecular weight is 517 g/mol. The minimum absolute atomic E-state index is 0.227. The van der Waals surface area contributed by atoms with Gasteiger partial charge in [-0.15, -0.1) is 0 Å². The van der Waals surface area contributed by atoms with E-state index in [9.17, 15) is 0 Å². The molecule has 0 aliphatic carbocycles. The molecule has 0 bridgehead atoms. The lowest BCUT2D eigenvalue weighted by Gasteiger charge is -2.37. The second-order valence-electron chi connectivity index (χ2n) is 9.14. The van der Waals surface area contributed by atoms with Crippen molar-refractivity contribution in [3.63, 3.8) is 0 Å². The number of ether oxygens (including phenoxy) is 7. The fourth-order valence-electron chi connectivity index (χ4n) is 3.39. The fraction of sp³-hybridized carbons (Fsp3) is 0.571. The van der Waals surface area contributed by atoms with Crippen LogP contribution in [0.15, 0.2) is 58.8 Å². The minimum Gasteiger partial charge on any atom is -0.497 e. The zero-order chi connectivity index (χ0) is 26.0. The van der Waals surface area contributed by atoms with E-state index < -0.39 is 0 Å². The van der Waals surface area contributed by atoms with Crippen LogP contribution in [0.25, 0.3) is 0 Å². The Bertz CT molecular complexity index is 886. The molecule has 1 aliphatic rings. The third kappa shape index (κ3) is 12.0. The van der Waals surface area contributed by atoms with Crippen LogP contribution in [0.3, 0.4) is 0 Å². The van der Waals surface area contributed by atoms with Crippen molar-refractivity contribution in [2.75, 3.05) is 79.8 Å². The van der Waals surface area contributed by atoms with Crippen LogP contribution in [0.5, 0.6) is 11.5 Å². The number of hydrogen-bond acceptors (Lipinski definition) is 9. The molecule has 3 rings (SSSR count). The van der Waals surface area contributed by atoms with E-state index in [1.54, 1.807) is 7.11 Å². The molecular formula is C28H40N2O7. The average Bonchev–Trinajstić information content (AvgIpc) is 2.91. The lowest BCUT2D eigenvalue weighted by Crippen LogP contribution is -2.43. The predicted molar refractivity (Wildman–Crippen MR) is 141 cm³/mol. The van der Waals surface area contributed by atoms with Crippen molar-refractivity contribution in [1.29, 1.82) is 0 Å². The maximum atomic E-state index is 5.71. The van der Waals surface area contributed by atoms with Gasteiger partial charge < -0.3 is 33.2 Å². The molecule has 1 aliphatic heterocycles. The van der Waals surface area contributed by atoms with E-state index >= 15 is 0 Å². The number of rotatable bonds is 20. The molecule has 0 aromatic heterocycles. The first-order chi connectivity index (χ1) is 18.2. The van der Waals surface area contributed by atoms with Gasteiger partial charge in [0.1, 0.15) is 18.1 Å². The lowest BCUT2D eigenvalue weighted by atomic mass is 9.90. The first-order valence-corrected chi connectivity index (χ1v) is 12.8. The molecule has 0 N–H and O–H groups in total. The molecule has 9 heteroatoms. The zero-order valence-corrected chi connectivity index (χ0v) is 22.1. The summed E-state index contributed by atoms with van der Waals surface area (Å²) < 4.78 is 38.4. The predicted octanol–water partition coefficient (Wildman–Crippen LogP) is 5.37. The minimum atomic E-state index is 0.227. The quantitative estimate of drug-likeness (QED) is 0.173. The highest BCUT2D eigenvalue weighted by atomic mass is 16.6. The molecule has 0 saturated carbocycles. The van der Waals surface area contributed by atoms with E-state index in [-0.39, 0.29) is 5.41 Å². The maximum Gasteiger partial charge on any atom is 0.119 e. The smallest absolute Gasteiger partial charge is 0.119 e. The van der Waals surface area contributed by atoms with Crippen LogP contribution in [0.4, 0.5) is 11.4 Å². The van der Waals surface area contributed by atoms with Gasteiger partial charge in [0.15, 0.2) is 0 Å². The van der Waals surface area contributed by atoms with Crippen molar-refractivity contribution >= 4 is 11.4 Å². The number of benzene rings is 2. The van der Waals surface area contributed by atoms with Crippen molar-refractivity contribution < 1.29 is 33.2 Å². The molecule has 0 amide bonds. The Kier molecular flexibility index (Phi) is 13.4. The molecule has 1 heterocycles. The van der Waals surface area contributed by atoms with Gasteiger partial charge in [0.2, 0.25) is 0 Å². The van der Waals surface area contributed by atoms with Crippen LogP contribution in [0, 0.1) is 5.41 Å². The summed E-state index contributed by atoms with van der Waals surface area (Å²) in [5.41, 5.74) is 1.74. The largest absolute Gasteiger partial charge is 0.497 e. The van der Waals surface area contributed by atoms with Crippen molar-refractivity contribution in [3.8, 4) is 11.5 Å². The normalized spacial score (nSPS) is 14.5. The highest BCUT2D eigenvalue weighted by Gasteiger charge is 2.33. The van der Waals surface area contributed by atoms with E-state index in [4.69, 9.17) is 33.2 Å². The van der Waals surface area contributed by atoms with Crippen molar-refractivity contribution in [2.24, 2.45) is 15.6 Å². The molecule has 0 radical (unpaired) electrons. The Balaban J connectivity index is 1.09. The van der Waals surface area contributed by atoms with Gasteiger partial charge >= 0.3 is 0 Å². The molecule has 0 atom stereocenters. The summed E-state index contributed by atoms with van der Waals surface area (Å²) in [5.74, 6) is 1.55. The third-order valence-corrected chi connectivity index (χ3v) is 5.61. The van der Waals surface area contributed by atoms with Crippen LogP contribution in [0.2, 0.25) is 0 Å². The first kappa shape index (κ1) is 29.0. The number of unbranched alkanes of at least 4 members (excludes halogenated alkanes) is 1. The molecule has 2 aromatic carbocycles. The highest BCUT2D eigenvalue weighted by Crippen LogP contribution is 2.26. The van der Waals surface area contributed by atoms with Crippen molar-refractivity contribution in [2.45, 2.75) is 19.8 Å². The van der Waals surface area contributed by atoms with Crippen molar-refractivity contribution in [1.82, 2.24) is 0 Å². The Morgan fingerprint density at radius 3 is 1.65 bits per heavy atom. The molecule has 0 unspecified atom stereocenters. The SMILES string of the molecule is COc1ccc(N=Nc2ccc(OCCOCCOCCOCCCCOCC3(C)COC3)cc2)cc1. The number of hydrogen-bond donors (Lipinski definition) is 0. The van der Waals surface area contributed by atoms with E-state index in [0.29, 0.717) is 39.6 Å². The lowest BCUT2D eigenvalue weighted by molar-refractivity contribution is -0.138. The Morgan fingerprint density at radius 1 is 0.649 bits per heavy atom. The van der Waals surface area contributed by atoms with Gasteiger partial charge in [-0.05, 0) is 61.4 Å². The van der Waals surface area contributed by atoms with E-state index in [1.165, 1.54) is 0 Å². The van der Waals surface area contributed by atoms with Crippen LogP contribution < -0.4 is 9.47 Å². The summed E-state index contributed by atoms with van der Waals surface area (Å²) >= 11 is 0. The second kappa shape index (κ2) is 17.0. The van der Waals surface area contributed by atoms with Gasteiger partial charge in [-0.1, -0.05) is 6.92 Å². The molecule has 1 saturated heterocycles. The summed E-state index contributed by atoms with van der Waals surface area (Å²) in [6.45, 7) is 9.28. The fourth-order valence-corrected chi connectivity index (χ4v) is 3.39. The van der Waals surface area contributed by atoms with Gasteiger partial charge in [0, 0.05) is 18.6 Å². The first-order valence-electron chi connectivity index (χ1n) is 12.8. The molecule has 1 fully saturated rings. The summed E-state index contributed by atoms with van der Waals surface area (Å²) in [7, 11) is 1.63. The van der Waals surface area contributed by atoms with E-state index in [1.807, 2.05) is 48.5 Å². The Hall–Kier alpha value is -2.56. The van der Waals surface area contributed by atoms with E-state index in [2.05, 4.69) is 17.2 Å². The number of azo groups is 1. The van der Waals surface area contributed by atoms with Crippen molar-refractivity contribution in [3.05, 3.63) is 48.5 Å². The summed E-state index contributed by atoms with van der Waals surface area (Å²) in [6, 6.07) is 14.9. The van der Waals surface area contributed by atoms with Crippen LogP contribution in [-0.2, 0) is 23.7 Å². The Morgan fingerprint density at radius 2 is 1.14 bits per heavy atom. The van der Waals surface area contributed by atoms with Gasteiger partial charge in [-0.3, -0.25) is 0 Å². The maximum absolute atomic E-state index is 5.71. The zero-order valence-electron chi connectivity index (χ0n) is 22.1. The van der Waals surface area contributed by atoms with Crippen LogP contribution in [-0.4, -0.2) is 79.8 Å². The summed E-state index contributed by atoms with van der Waals surface area (Å²) in [5, 5.41) is 8.45. The number of nitrogens with zero attached hydrogens (tertiary/aromatic N) is 2. The molecule has 9 nitrogen and oxygen atoms in total. The van der Waals surface area contributed by atoms with E-state index in [0.717, 1.165) is 68.7 Å². The topological polar surface area (TPSA) is 89.3 Å². The Labute approximate surface area is 220 Å². The molecule has 2 aromatic rings. The summed E-state index contributed by atoms with van der Waals surface area (Å²) in [4.78, 5) is 0. The molecule has 0 spiro atoms. The highest BCUT2D eigenvalue weighted by molar-refractivity contribution is 5.44. The molecule has 204 valence electrons. The monoisotopic (exact) mass is 516 g/mol. The number of methoxy groups -OCH3 is 1. The standard InChI is InChI=1S/C28H40N2O7/c1-28(22-36-23-28)21-35-14-4-3-13-32-15-16-33-17-18-34-19-20-37-27-11-7-25(8-12-27)30-29-24-5-9-26(31-2)10-6-24/h5-12H,3-4,13-23H2,1-2H3. The van der Waals surface area contributed by atoms with Gasteiger partial charge in [0.05, 0.1) is 71.3 Å². The van der Waals surface area contributed by atoms with Gasteiger partial charge in [0.25, 0.3) is 0 Å². The molecular weight excluding hydrogens is 476 g/mol. The van der Waals surface area contributed by atoms with Gasteiger partial charge in [-0.25, -0.2) is 0 Å². The van der Waals surface area contributed by atoms with Crippen LogP contribution in [0.1, 0.15) is 19.8 Å². The third-order valence-electron chi connectivity index (χ3n) is 5.61. The van der Waals surface area contributed by atoms with Gasteiger partial charge in [-0.2, -0.15) is 10.2 Å². The summed E-state index contributed by atoms with van der Waals surface area (Å²) in [6.07, 6.45) is 2.00. The molecule has 37 heavy (non-hydrogen) atoms.